The summed E-state index contributed by atoms with van der Waals surface area (Å²) in [5, 5.41) is 3.92. The zero-order valence-electron chi connectivity index (χ0n) is 16.3. The predicted octanol–water partition coefficient (Wildman–Crippen LogP) is 6.46. The Morgan fingerprint density at radius 2 is 1.67 bits per heavy atom. The summed E-state index contributed by atoms with van der Waals surface area (Å²) >= 11 is 1.58. The molecule has 0 atom stereocenters. The van der Waals surface area contributed by atoms with Crippen molar-refractivity contribution in [3.8, 4) is 27.6 Å². The molecule has 0 aliphatic heterocycles. The summed E-state index contributed by atoms with van der Waals surface area (Å²) < 4.78 is 11.7. The van der Waals surface area contributed by atoms with E-state index in [-0.39, 0.29) is 0 Å². The van der Waals surface area contributed by atoms with Gasteiger partial charge in [0.05, 0.1) is 18.4 Å². The van der Waals surface area contributed by atoms with Gasteiger partial charge in [-0.1, -0.05) is 60.7 Å². The van der Waals surface area contributed by atoms with E-state index in [1.54, 1.807) is 18.4 Å². The molecule has 2 aromatic heterocycles. The minimum atomic E-state index is 0.507. The molecule has 0 N–H and O–H groups in total. The fourth-order valence-corrected chi connectivity index (χ4v) is 4.11. The van der Waals surface area contributed by atoms with Crippen molar-refractivity contribution in [2.45, 2.75) is 0 Å². The van der Waals surface area contributed by atoms with Crippen LogP contribution in [0.25, 0.3) is 32.8 Å². The molecule has 0 bridgehead atoms. The molecule has 0 aliphatic carbocycles. The van der Waals surface area contributed by atoms with E-state index in [0.29, 0.717) is 17.0 Å². The molecule has 0 fully saturated rings. The maximum Gasteiger partial charge on any atom is 0.230 e. The highest BCUT2D eigenvalue weighted by atomic mass is 32.1. The maximum atomic E-state index is 6.21. The van der Waals surface area contributed by atoms with Crippen LogP contribution in [-0.2, 0) is 0 Å². The summed E-state index contributed by atoms with van der Waals surface area (Å²) in [6.07, 6.45) is 0. The molecule has 0 saturated heterocycles. The molecule has 5 rings (SSSR count). The highest BCUT2D eigenvalue weighted by Gasteiger charge is 2.13. The molecular formula is C25H18N2O2S. The van der Waals surface area contributed by atoms with Crippen LogP contribution in [0.5, 0.6) is 5.75 Å². The maximum absolute atomic E-state index is 6.21. The molecule has 0 amide bonds. The second-order valence-electron chi connectivity index (χ2n) is 6.69. The summed E-state index contributed by atoms with van der Waals surface area (Å²) in [6, 6.07) is 27.8. The smallest absolute Gasteiger partial charge is 0.230 e. The Balaban J connectivity index is 1.72. The van der Waals surface area contributed by atoms with E-state index >= 15 is 0 Å². The van der Waals surface area contributed by atoms with Crippen molar-refractivity contribution in [1.29, 1.82) is 0 Å². The Bertz CT molecular complexity index is 1390. The first-order chi connectivity index (χ1) is 14.8. The van der Waals surface area contributed by atoms with E-state index in [9.17, 15) is 0 Å². The van der Waals surface area contributed by atoms with Crippen LogP contribution in [-0.4, -0.2) is 12.1 Å². The number of hydrogen-bond acceptors (Lipinski definition) is 5. The third-order valence-corrected chi connectivity index (χ3v) is 5.64. The standard InChI is InChI=1S/C25H18N2O2S/c1-28-23-14-8-6-12-20(23)26-24-19(15-18-11-5-7-13-22(18)29-24)25-27-21(16-30-25)17-9-3-2-4-10-17/h2-16H,1H3. The molecule has 0 saturated carbocycles. The Morgan fingerprint density at radius 1 is 0.900 bits per heavy atom. The minimum absolute atomic E-state index is 0.507. The van der Waals surface area contributed by atoms with Crippen molar-refractivity contribution < 1.29 is 9.15 Å². The number of ether oxygens (including phenoxy) is 1. The van der Waals surface area contributed by atoms with Gasteiger partial charge >= 0.3 is 0 Å². The van der Waals surface area contributed by atoms with Crippen LogP contribution >= 0.6 is 11.3 Å². The van der Waals surface area contributed by atoms with Gasteiger partial charge in [-0.15, -0.1) is 11.3 Å². The Kier molecular flexibility index (Phi) is 4.87. The van der Waals surface area contributed by atoms with Gasteiger partial charge in [0.2, 0.25) is 5.55 Å². The topological polar surface area (TPSA) is 47.6 Å². The van der Waals surface area contributed by atoms with Gasteiger partial charge in [-0.05, 0) is 24.3 Å². The van der Waals surface area contributed by atoms with Crippen LogP contribution in [0.4, 0.5) is 5.69 Å². The van der Waals surface area contributed by atoms with Gasteiger partial charge in [0.1, 0.15) is 22.0 Å². The molecule has 5 heteroatoms. The van der Waals surface area contributed by atoms with Crippen molar-refractivity contribution in [3.63, 3.8) is 0 Å². The van der Waals surface area contributed by atoms with Crippen LogP contribution in [0, 0.1) is 0 Å². The highest BCUT2D eigenvalue weighted by Crippen LogP contribution is 2.30. The molecule has 5 aromatic rings. The Morgan fingerprint density at radius 3 is 2.53 bits per heavy atom. The molecule has 30 heavy (non-hydrogen) atoms. The minimum Gasteiger partial charge on any atom is -0.494 e. The summed E-state index contributed by atoms with van der Waals surface area (Å²) in [5.41, 5.74) is 4.86. The van der Waals surface area contributed by atoms with Gasteiger partial charge in [0, 0.05) is 16.3 Å². The van der Waals surface area contributed by atoms with Crippen molar-refractivity contribution in [2.75, 3.05) is 7.11 Å². The first kappa shape index (κ1) is 18.3. The van der Waals surface area contributed by atoms with Gasteiger partial charge in [-0.3, -0.25) is 0 Å². The van der Waals surface area contributed by atoms with Crippen molar-refractivity contribution in [1.82, 2.24) is 4.98 Å². The summed E-state index contributed by atoms with van der Waals surface area (Å²) in [6.45, 7) is 0. The molecule has 0 radical (unpaired) electrons. The number of aromatic nitrogens is 1. The summed E-state index contributed by atoms with van der Waals surface area (Å²) in [7, 11) is 1.64. The summed E-state index contributed by atoms with van der Waals surface area (Å²) in [5.74, 6) is 0.691. The van der Waals surface area contributed by atoms with Gasteiger partial charge in [0.15, 0.2) is 0 Å². The molecule has 0 spiro atoms. The number of rotatable bonds is 4. The van der Waals surface area contributed by atoms with Gasteiger partial charge < -0.3 is 9.15 Å². The normalized spacial score (nSPS) is 11.7. The third-order valence-electron chi connectivity index (χ3n) is 4.77. The van der Waals surface area contributed by atoms with Crippen molar-refractivity contribution >= 4 is 28.0 Å². The average molecular weight is 410 g/mol. The van der Waals surface area contributed by atoms with E-state index in [0.717, 1.165) is 32.8 Å². The molecular weight excluding hydrogens is 392 g/mol. The molecule has 0 aliphatic rings. The van der Waals surface area contributed by atoms with Crippen LogP contribution < -0.4 is 10.3 Å². The number of methoxy groups -OCH3 is 1. The molecule has 2 heterocycles. The predicted molar refractivity (Wildman–Crippen MR) is 121 cm³/mol. The van der Waals surface area contributed by atoms with E-state index in [1.165, 1.54) is 0 Å². The molecule has 146 valence electrons. The van der Waals surface area contributed by atoms with Gasteiger partial charge in [0.25, 0.3) is 0 Å². The second-order valence-corrected chi connectivity index (χ2v) is 7.55. The quantitative estimate of drug-likeness (QED) is 0.341. The van der Waals surface area contributed by atoms with Crippen LogP contribution in [0.3, 0.4) is 0 Å². The Labute approximate surface area is 177 Å². The lowest BCUT2D eigenvalue weighted by atomic mass is 10.1. The fourth-order valence-electron chi connectivity index (χ4n) is 3.28. The molecule has 4 nitrogen and oxygen atoms in total. The fraction of sp³-hybridized carbons (Fsp3) is 0.0400. The lowest BCUT2D eigenvalue weighted by molar-refractivity contribution is 0.415. The monoisotopic (exact) mass is 410 g/mol. The number of para-hydroxylation sites is 3. The zero-order valence-corrected chi connectivity index (χ0v) is 17.1. The third kappa shape index (κ3) is 3.51. The van der Waals surface area contributed by atoms with Crippen LogP contribution in [0.2, 0.25) is 0 Å². The average Bonchev–Trinajstić information content (AvgIpc) is 3.30. The Hall–Kier alpha value is -3.70. The number of nitrogens with zero attached hydrogens (tertiary/aromatic N) is 2. The second kappa shape index (κ2) is 7.97. The zero-order chi connectivity index (χ0) is 20.3. The van der Waals surface area contributed by atoms with Crippen LogP contribution in [0.15, 0.2) is 99.7 Å². The number of hydrogen-bond donors (Lipinski definition) is 0. The first-order valence-electron chi connectivity index (χ1n) is 9.54. The number of fused-ring (bicyclic) bond motifs is 1. The highest BCUT2D eigenvalue weighted by molar-refractivity contribution is 7.13. The largest absolute Gasteiger partial charge is 0.494 e. The number of benzene rings is 3. The number of thiazole rings is 1. The van der Waals surface area contributed by atoms with Crippen molar-refractivity contribution in [3.05, 3.63) is 95.9 Å². The van der Waals surface area contributed by atoms with Gasteiger partial charge in [-0.2, -0.15) is 0 Å². The first-order valence-corrected chi connectivity index (χ1v) is 10.4. The van der Waals surface area contributed by atoms with E-state index in [4.69, 9.17) is 19.1 Å². The van der Waals surface area contributed by atoms with Crippen LogP contribution in [0.1, 0.15) is 0 Å². The van der Waals surface area contributed by atoms with E-state index < -0.39 is 0 Å². The van der Waals surface area contributed by atoms with Gasteiger partial charge in [-0.25, -0.2) is 9.98 Å². The lowest BCUT2D eigenvalue weighted by Crippen LogP contribution is -2.05. The van der Waals surface area contributed by atoms with Crippen molar-refractivity contribution in [2.24, 2.45) is 4.99 Å². The SMILES string of the molecule is COc1ccccc1N=c1oc2ccccc2cc1-c1nc(-c2ccccc2)cs1. The molecule has 0 unspecified atom stereocenters. The lowest BCUT2D eigenvalue weighted by Gasteiger charge is -2.05. The van der Waals surface area contributed by atoms with E-state index in [1.807, 2.05) is 66.7 Å². The molecule has 3 aromatic carbocycles. The summed E-state index contributed by atoms with van der Waals surface area (Å²) in [4.78, 5) is 9.67. The van der Waals surface area contributed by atoms with E-state index in [2.05, 4.69) is 23.6 Å².